The summed E-state index contributed by atoms with van der Waals surface area (Å²) in [4.78, 5) is 25.7. The summed E-state index contributed by atoms with van der Waals surface area (Å²) in [6, 6.07) is 8.08. The fourth-order valence-electron chi connectivity index (χ4n) is 3.17. The second-order valence-corrected chi connectivity index (χ2v) is 6.76. The number of benzene rings is 1. The van der Waals surface area contributed by atoms with Crippen LogP contribution in [0.5, 0.6) is 5.75 Å². The Kier molecular flexibility index (Phi) is 5.29. The van der Waals surface area contributed by atoms with E-state index in [2.05, 4.69) is 17.4 Å². The van der Waals surface area contributed by atoms with Gasteiger partial charge in [0.05, 0.1) is 7.11 Å². The quantitative estimate of drug-likeness (QED) is 0.903. The summed E-state index contributed by atoms with van der Waals surface area (Å²) in [6.07, 6.45) is 1.95. The molecule has 1 aliphatic rings. The number of carbonyl (C=O) groups excluding carboxylic acids is 2. The van der Waals surface area contributed by atoms with E-state index in [0.29, 0.717) is 5.92 Å². The van der Waals surface area contributed by atoms with Crippen molar-refractivity contribution in [3.05, 3.63) is 29.8 Å². The molecule has 126 valence electrons. The molecule has 0 saturated carbocycles. The lowest BCUT2D eigenvalue weighted by molar-refractivity contribution is -0.139. The number of hydrogen-bond donors (Lipinski definition) is 1. The molecule has 1 saturated heterocycles. The predicted octanol–water partition coefficient (Wildman–Crippen LogP) is 2.00. The Labute approximate surface area is 138 Å². The van der Waals surface area contributed by atoms with Crippen LogP contribution in [-0.2, 0) is 16.0 Å². The van der Waals surface area contributed by atoms with Crippen molar-refractivity contribution in [2.75, 3.05) is 20.2 Å². The fraction of sp³-hybridized carbons (Fsp3) is 0.556. The molecule has 1 heterocycles. The first-order valence-corrected chi connectivity index (χ1v) is 8.03. The first kappa shape index (κ1) is 17.3. The molecule has 0 radical (unpaired) electrons. The molecular formula is C18H26N2O3. The topological polar surface area (TPSA) is 58.6 Å². The van der Waals surface area contributed by atoms with Gasteiger partial charge in [0.25, 0.3) is 0 Å². The van der Waals surface area contributed by atoms with Crippen molar-refractivity contribution < 1.29 is 14.3 Å². The Morgan fingerprint density at radius 2 is 1.96 bits per heavy atom. The van der Waals surface area contributed by atoms with Gasteiger partial charge in [0.1, 0.15) is 11.3 Å². The van der Waals surface area contributed by atoms with Crippen molar-refractivity contribution in [3.8, 4) is 5.75 Å². The zero-order valence-corrected chi connectivity index (χ0v) is 14.4. The van der Waals surface area contributed by atoms with Gasteiger partial charge >= 0.3 is 0 Å². The van der Waals surface area contributed by atoms with Gasteiger partial charge in [-0.15, -0.1) is 0 Å². The van der Waals surface area contributed by atoms with Crippen LogP contribution >= 0.6 is 0 Å². The maximum Gasteiger partial charge on any atom is 0.247 e. The highest BCUT2D eigenvalue weighted by molar-refractivity contribution is 5.90. The predicted molar refractivity (Wildman–Crippen MR) is 89.3 cm³/mol. The number of carbonyl (C=O) groups is 2. The second kappa shape index (κ2) is 7.02. The molecule has 0 aromatic heterocycles. The molecular weight excluding hydrogens is 292 g/mol. The van der Waals surface area contributed by atoms with Crippen molar-refractivity contribution >= 4 is 11.8 Å². The highest BCUT2D eigenvalue weighted by atomic mass is 16.5. The van der Waals surface area contributed by atoms with Crippen molar-refractivity contribution in [1.82, 2.24) is 10.2 Å². The Morgan fingerprint density at radius 3 is 2.52 bits per heavy atom. The van der Waals surface area contributed by atoms with Crippen molar-refractivity contribution in [1.29, 1.82) is 0 Å². The zero-order chi connectivity index (χ0) is 17.0. The van der Waals surface area contributed by atoms with E-state index >= 15 is 0 Å². The van der Waals surface area contributed by atoms with Crippen LogP contribution in [0, 0.1) is 5.92 Å². The summed E-state index contributed by atoms with van der Waals surface area (Å²) in [6.45, 7) is 6.45. The van der Waals surface area contributed by atoms with Gasteiger partial charge < -0.3 is 15.0 Å². The maximum absolute atomic E-state index is 12.6. The number of nitrogens with one attached hydrogen (secondary N) is 1. The van der Waals surface area contributed by atoms with E-state index in [9.17, 15) is 9.59 Å². The SMILES string of the molecule is COc1ccc(CC2CCN(C(=O)C(C)(C)NC(C)=O)C2)cc1. The summed E-state index contributed by atoms with van der Waals surface area (Å²) in [7, 11) is 1.66. The van der Waals surface area contributed by atoms with Gasteiger partial charge in [-0.2, -0.15) is 0 Å². The lowest BCUT2D eigenvalue weighted by atomic mass is 9.98. The third-order valence-corrected chi connectivity index (χ3v) is 4.28. The highest BCUT2D eigenvalue weighted by Gasteiger charge is 2.36. The van der Waals surface area contributed by atoms with E-state index in [1.165, 1.54) is 12.5 Å². The number of nitrogens with zero attached hydrogens (tertiary/aromatic N) is 1. The Balaban J connectivity index is 1.92. The minimum Gasteiger partial charge on any atom is -0.497 e. The minimum atomic E-state index is -0.846. The monoisotopic (exact) mass is 318 g/mol. The van der Waals surface area contributed by atoms with E-state index in [4.69, 9.17) is 4.74 Å². The molecule has 0 aliphatic carbocycles. The smallest absolute Gasteiger partial charge is 0.247 e. The molecule has 1 unspecified atom stereocenters. The lowest BCUT2D eigenvalue weighted by Crippen LogP contribution is -2.55. The molecule has 0 spiro atoms. The average molecular weight is 318 g/mol. The Morgan fingerprint density at radius 1 is 1.30 bits per heavy atom. The van der Waals surface area contributed by atoms with Crippen LogP contribution in [0.25, 0.3) is 0 Å². The van der Waals surface area contributed by atoms with Crippen LogP contribution in [0.2, 0.25) is 0 Å². The average Bonchev–Trinajstić information content (AvgIpc) is 2.94. The molecule has 0 bridgehead atoms. The lowest BCUT2D eigenvalue weighted by Gasteiger charge is -2.29. The largest absolute Gasteiger partial charge is 0.497 e. The third kappa shape index (κ3) is 4.47. The van der Waals surface area contributed by atoms with Gasteiger partial charge in [-0.3, -0.25) is 9.59 Å². The van der Waals surface area contributed by atoms with Gasteiger partial charge in [0, 0.05) is 20.0 Å². The highest BCUT2D eigenvalue weighted by Crippen LogP contribution is 2.24. The van der Waals surface area contributed by atoms with Crippen molar-refractivity contribution in [3.63, 3.8) is 0 Å². The summed E-state index contributed by atoms with van der Waals surface area (Å²) >= 11 is 0. The van der Waals surface area contributed by atoms with Crippen molar-refractivity contribution in [2.24, 2.45) is 5.92 Å². The first-order chi connectivity index (χ1) is 10.8. The molecule has 1 aliphatic heterocycles. The van der Waals surface area contributed by atoms with Gasteiger partial charge in [-0.25, -0.2) is 0 Å². The van der Waals surface area contributed by atoms with Crippen LogP contribution < -0.4 is 10.1 Å². The van der Waals surface area contributed by atoms with E-state index in [0.717, 1.165) is 31.7 Å². The molecule has 23 heavy (non-hydrogen) atoms. The van der Waals surface area contributed by atoms with Gasteiger partial charge in [-0.1, -0.05) is 12.1 Å². The zero-order valence-electron chi connectivity index (χ0n) is 14.4. The summed E-state index contributed by atoms with van der Waals surface area (Å²) in [5.41, 5.74) is 0.409. The molecule has 1 aromatic carbocycles. The molecule has 1 fully saturated rings. The normalized spacial score (nSPS) is 17.9. The van der Waals surface area contributed by atoms with E-state index in [-0.39, 0.29) is 11.8 Å². The van der Waals surface area contributed by atoms with Crippen LogP contribution in [0.4, 0.5) is 0 Å². The van der Waals surface area contributed by atoms with Gasteiger partial charge in [0.15, 0.2) is 0 Å². The number of ether oxygens (including phenoxy) is 1. The van der Waals surface area contributed by atoms with Gasteiger partial charge in [-0.05, 0) is 50.3 Å². The summed E-state index contributed by atoms with van der Waals surface area (Å²) < 4.78 is 5.17. The number of rotatable bonds is 5. The van der Waals surface area contributed by atoms with E-state index < -0.39 is 5.54 Å². The second-order valence-electron chi connectivity index (χ2n) is 6.76. The number of likely N-dealkylation sites (tertiary alicyclic amines) is 1. The first-order valence-electron chi connectivity index (χ1n) is 8.03. The van der Waals surface area contributed by atoms with Crippen LogP contribution in [0.1, 0.15) is 32.8 Å². The van der Waals surface area contributed by atoms with Crippen LogP contribution in [-0.4, -0.2) is 42.5 Å². The number of hydrogen-bond acceptors (Lipinski definition) is 3. The molecule has 1 N–H and O–H groups in total. The third-order valence-electron chi connectivity index (χ3n) is 4.28. The summed E-state index contributed by atoms with van der Waals surface area (Å²) in [5.74, 6) is 1.12. The molecule has 5 heteroatoms. The standard InChI is InChI=1S/C18H26N2O3/c1-13(21)19-18(2,3)17(22)20-10-9-15(12-20)11-14-5-7-16(23-4)8-6-14/h5-8,15H,9-12H2,1-4H3,(H,19,21). The summed E-state index contributed by atoms with van der Waals surface area (Å²) in [5, 5.41) is 2.73. The molecule has 2 rings (SSSR count). The van der Waals surface area contributed by atoms with Gasteiger partial charge in [0.2, 0.25) is 11.8 Å². The molecule has 1 aromatic rings. The Hall–Kier alpha value is -2.04. The minimum absolute atomic E-state index is 0.00932. The van der Waals surface area contributed by atoms with Crippen LogP contribution in [0.15, 0.2) is 24.3 Å². The number of amides is 2. The molecule has 5 nitrogen and oxygen atoms in total. The van der Waals surface area contributed by atoms with Crippen molar-refractivity contribution in [2.45, 2.75) is 39.2 Å². The maximum atomic E-state index is 12.6. The number of methoxy groups -OCH3 is 1. The molecule has 2 amide bonds. The van der Waals surface area contributed by atoms with E-state index in [1.54, 1.807) is 21.0 Å². The fourth-order valence-corrected chi connectivity index (χ4v) is 3.17. The van der Waals surface area contributed by atoms with E-state index in [1.807, 2.05) is 17.0 Å². The molecule has 1 atom stereocenters. The Bertz CT molecular complexity index is 566. The van der Waals surface area contributed by atoms with Crippen LogP contribution in [0.3, 0.4) is 0 Å².